The Bertz CT molecular complexity index is 224. The van der Waals surface area contributed by atoms with Crippen LogP contribution in [0.25, 0.3) is 0 Å². The molecule has 4 nitrogen and oxygen atoms in total. The van der Waals surface area contributed by atoms with E-state index < -0.39 is 0 Å². The van der Waals surface area contributed by atoms with Crippen LogP contribution in [0.3, 0.4) is 0 Å². The van der Waals surface area contributed by atoms with E-state index in [0.29, 0.717) is 12.1 Å². The van der Waals surface area contributed by atoms with Crippen molar-refractivity contribution in [3.63, 3.8) is 0 Å². The highest BCUT2D eigenvalue weighted by molar-refractivity contribution is 4.85. The smallest absolute Gasteiger partial charge is 0.0674 e. The van der Waals surface area contributed by atoms with Gasteiger partial charge in [0.15, 0.2) is 0 Å². The fraction of sp³-hybridized carbons (Fsp3) is 1.00. The zero-order chi connectivity index (χ0) is 13.6. The molecule has 3 atom stereocenters. The Hall–Kier alpha value is -0.160. The van der Waals surface area contributed by atoms with E-state index in [9.17, 15) is 5.11 Å². The lowest BCUT2D eigenvalue weighted by molar-refractivity contribution is -0.0503. The van der Waals surface area contributed by atoms with E-state index in [2.05, 4.69) is 31.0 Å². The van der Waals surface area contributed by atoms with Crippen LogP contribution in [0.1, 0.15) is 40.0 Å². The van der Waals surface area contributed by atoms with Gasteiger partial charge in [-0.3, -0.25) is 4.90 Å². The van der Waals surface area contributed by atoms with Crippen LogP contribution >= 0.6 is 0 Å². The molecule has 0 amide bonds. The summed E-state index contributed by atoms with van der Waals surface area (Å²) in [6.45, 7) is 9.67. The maximum atomic E-state index is 9.51. The molecule has 0 aliphatic carbocycles. The van der Waals surface area contributed by atoms with Gasteiger partial charge in [-0.25, -0.2) is 0 Å². The molecule has 0 aromatic heterocycles. The van der Waals surface area contributed by atoms with Crippen molar-refractivity contribution in [3.8, 4) is 0 Å². The molecule has 1 saturated heterocycles. The second-order valence-corrected chi connectivity index (χ2v) is 5.63. The first-order chi connectivity index (χ1) is 8.56. The topological polar surface area (TPSA) is 44.7 Å². The fourth-order valence-corrected chi connectivity index (χ4v) is 2.65. The molecule has 0 saturated carbocycles. The number of morpholine rings is 1. The molecule has 0 bridgehead atoms. The van der Waals surface area contributed by atoms with Gasteiger partial charge in [0.2, 0.25) is 0 Å². The Morgan fingerprint density at radius 3 is 2.72 bits per heavy atom. The summed E-state index contributed by atoms with van der Waals surface area (Å²) in [5.41, 5.74) is -0.0961. The van der Waals surface area contributed by atoms with E-state index in [1.54, 1.807) is 0 Å². The minimum atomic E-state index is -0.0961. The number of aliphatic hydroxyl groups is 1. The van der Waals surface area contributed by atoms with Crippen molar-refractivity contribution in [2.24, 2.45) is 0 Å². The van der Waals surface area contributed by atoms with Crippen molar-refractivity contribution in [1.82, 2.24) is 10.2 Å². The number of likely N-dealkylation sites (N-methyl/N-ethyl adjacent to an activating group) is 1. The predicted octanol–water partition coefficient (Wildman–Crippen LogP) is 1.24. The summed E-state index contributed by atoms with van der Waals surface area (Å²) in [5.74, 6) is 0. The lowest BCUT2D eigenvalue weighted by Crippen LogP contribution is -2.49. The summed E-state index contributed by atoms with van der Waals surface area (Å²) < 4.78 is 5.64. The van der Waals surface area contributed by atoms with Crippen molar-refractivity contribution in [1.29, 1.82) is 0 Å². The van der Waals surface area contributed by atoms with Crippen LogP contribution < -0.4 is 5.32 Å². The third kappa shape index (κ3) is 4.19. The van der Waals surface area contributed by atoms with Gasteiger partial charge in [0.1, 0.15) is 0 Å². The molecule has 3 unspecified atom stereocenters. The standard InChI is InChI=1S/C14H30N2O2/c1-5-14(11-17,15-4)7-6-8-16-9-13(3)18-10-12(16)2/h12-13,15,17H,5-11H2,1-4H3. The van der Waals surface area contributed by atoms with E-state index >= 15 is 0 Å². The molecule has 0 aromatic rings. The second kappa shape index (κ2) is 7.43. The van der Waals surface area contributed by atoms with Crippen LogP contribution in [0.2, 0.25) is 0 Å². The molecule has 1 aliphatic rings. The quantitative estimate of drug-likeness (QED) is 0.721. The van der Waals surface area contributed by atoms with Gasteiger partial charge in [0, 0.05) is 18.1 Å². The van der Waals surface area contributed by atoms with Crippen molar-refractivity contribution < 1.29 is 9.84 Å². The van der Waals surface area contributed by atoms with E-state index in [4.69, 9.17) is 4.74 Å². The lowest BCUT2D eigenvalue weighted by Gasteiger charge is -2.38. The molecule has 0 spiro atoms. The van der Waals surface area contributed by atoms with Gasteiger partial charge < -0.3 is 15.2 Å². The molecule has 1 aliphatic heterocycles. The van der Waals surface area contributed by atoms with Crippen molar-refractivity contribution in [3.05, 3.63) is 0 Å². The molecule has 1 heterocycles. The van der Waals surface area contributed by atoms with Crippen LogP contribution in [0.4, 0.5) is 0 Å². The van der Waals surface area contributed by atoms with Gasteiger partial charge >= 0.3 is 0 Å². The number of aliphatic hydroxyl groups excluding tert-OH is 1. The summed E-state index contributed by atoms with van der Waals surface area (Å²) in [4.78, 5) is 2.50. The zero-order valence-corrected chi connectivity index (χ0v) is 12.4. The molecule has 4 heteroatoms. The van der Waals surface area contributed by atoms with Gasteiger partial charge in [0.25, 0.3) is 0 Å². The van der Waals surface area contributed by atoms with E-state index in [0.717, 1.165) is 39.0 Å². The van der Waals surface area contributed by atoms with Crippen molar-refractivity contribution >= 4 is 0 Å². The Balaban J connectivity index is 2.35. The summed E-state index contributed by atoms with van der Waals surface area (Å²) in [6.07, 6.45) is 3.45. The zero-order valence-electron chi connectivity index (χ0n) is 12.4. The first kappa shape index (κ1) is 15.9. The Kier molecular flexibility index (Phi) is 6.57. The van der Waals surface area contributed by atoms with Gasteiger partial charge in [0.05, 0.1) is 19.3 Å². The monoisotopic (exact) mass is 258 g/mol. The van der Waals surface area contributed by atoms with E-state index in [1.807, 2.05) is 7.05 Å². The van der Waals surface area contributed by atoms with Gasteiger partial charge in [-0.2, -0.15) is 0 Å². The highest BCUT2D eigenvalue weighted by Gasteiger charge is 2.27. The average Bonchev–Trinajstić information content (AvgIpc) is 2.39. The molecule has 108 valence electrons. The summed E-state index contributed by atoms with van der Waals surface area (Å²) in [7, 11) is 1.94. The highest BCUT2D eigenvalue weighted by atomic mass is 16.5. The Morgan fingerprint density at radius 1 is 1.44 bits per heavy atom. The number of rotatable bonds is 7. The molecular weight excluding hydrogens is 228 g/mol. The van der Waals surface area contributed by atoms with Gasteiger partial charge in [-0.05, 0) is 46.7 Å². The van der Waals surface area contributed by atoms with Gasteiger partial charge in [-0.1, -0.05) is 6.92 Å². The first-order valence-electron chi connectivity index (χ1n) is 7.22. The lowest BCUT2D eigenvalue weighted by atomic mass is 9.91. The molecule has 1 rings (SSSR count). The maximum Gasteiger partial charge on any atom is 0.0674 e. The molecule has 0 radical (unpaired) electrons. The van der Waals surface area contributed by atoms with Crippen LogP contribution in [0.5, 0.6) is 0 Å². The minimum Gasteiger partial charge on any atom is -0.394 e. The van der Waals surface area contributed by atoms with E-state index in [-0.39, 0.29) is 12.1 Å². The Labute approximate surface area is 112 Å². The van der Waals surface area contributed by atoms with E-state index in [1.165, 1.54) is 0 Å². The fourth-order valence-electron chi connectivity index (χ4n) is 2.65. The normalized spacial score (nSPS) is 29.2. The predicted molar refractivity (Wildman–Crippen MR) is 74.9 cm³/mol. The van der Waals surface area contributed by atoms with Crippen LogP contribution in [-0.2, 0) is 4.74 Å². The summed E-state index contributed by atoms with van der Waals surface area (Å²) in [6, 6.07) is 0.515. The van der Waals surface area contributed by atoms with Crippen LogP contribution in [0.15, 0.2) is 0 Å². The maximum absolute atomic E-state index is 9.51. The van der Waals surface area contributed by atoms with Crippen molar-refractivity contribution in [2.75, 3.05) is 33.4 Å². The highest BCUT2D eigenvalue weighted by Crippen LogP contribution is 2.18. The van der Waals surface area contributed by atoms with Crippen LogP contribution in [-0.4, -0.2) is 61.0 Å². The number of ether oxygens (including phenoxy) is 1. The number of hydrogen-bond acceptors (Lipinski definition) is 4. The number of nitrogens with one attached hydrogen (secondary N) is 1. The minimum absolute atomic E-state index is 0.0961. The second-order valence-electron chi connectivity index (χ2n) is 5.63. The first-order valence-corrected chi connectivity index (χ1v) is 7.22. The SMILES string of the molecule is CCC(CO)(CCCN1CC(C)OCC1C)NC. The summed E-state index contributed by atoms with van der Waals surface area (Å²) in [5, 5.41) is 12.8. The molecule has 18 heavy (non-hydrogen) atoms. The third-order valence-corrected chi connectivity index (χ3v) is 4.35. The molecule has 0 aromatic carbocycles. The van der Waals surface area contributed by atoms with Gasteiger partial charge in [-0.15, -0.1) is 0 Å². The molecular formula is C14H30N2O2. The largest absolute Gasteiger partial charge is 0.394 e. The molecule has 1 fully saturated rings. The average molecular weight is 258 g/mol. The number of hydrogen-bond donors (Lipinski definition) is 2. The Morgan fingerprint density at radius 2 is 2.17 bits per heavy atom. The summed E-state index contributed by atoms with van der Waals surface area (Å²) >= 11 is 0. The third-order valence-electron chi connectivity index (χ3n) is 4.35. The number of nitrogens with zero attached hydrogens (tertiary/aromatic N) is 1. The molecule has 2 N–H and O–H groups in total. The van der Waals surface area contributed by atoms with Crippen molar-refractivity contribution in [2.45, 2.75) is 57.7 Å². The van der Waals surface area contributed by atoms with Crippen LogP contribution in [0, 0.1) is 0 Å².